The van der Waals surface area contributed by atoms with Gasteiger partial charge in [-0.1, -0.05) is 35.9 Å². The van der Waals surface area contributed by atoms with Gasteiger partial charge in [0.25, 0.3) is 5.91 Å². The van der Waals surface area contributed by atoms with Crippen molar-refractivity contribution in [1.29, 1.82) is 0 Å². The number of aliphatic imine (C=N–C) groups is 1. The summed E-state index contributed by atoms with van der Waals surface area (Å²) in [7, 11) is 0. The molecule has 2 heterocycles. The molecule has 0 radical (unpaired) electrons. The smallest absolute Gasteiger partial charge is 0.271 e. The van der Waals surface area contributed by atoms with E-state index in [0.29, 0.717) is 5.96 Å². The quantitative estimate of drug-likeness (QED) is 0.834. The van der Waals surface area contributed by atoms with E-state index in [1.165, 1.54) is 5.69 Å². The predicted octanol–water partition coefficient (Wildman–Crippen LogP) is 2.00. The highest BCUT2D eigenvalue weighted by Crippen LogP contribution is 2.17. The van der Waals surface area contributed by atoms with E-state index in [-0.39, 0.29) is 18.2 Å². The van der Waals surface area contributed by atoms with Crippen LogP contribution in [-0.2, 0) is 9.59 Å². The van der Waals surface area contributed by atoms with Crippen LogP contribution in [0.2, 0.25) is 0 Å². The first-order chi connectivity index (χ1) is 14.1. The van der Waals surface area contributed by atoms with Crippen LogP contribution in [0.4, 0.5) is 11.4 Å². The third kappa shape index (κ3) is 4.56. The van der Waals surface area contributed by atoms with Crippen LogP contribution in [-0.4, -0.2) is 54.9 Å². The van der Waals surface area contributed by atoms with Gasteiger partial charge in [-0.2, -0.15) is 4.99 Å². The fourth-order valence-electron chi connectivity index (χ4n) is 3.58. The van der Waals surface area contributed by atoms with Gasteiger partial charge in [0.2, 0.25) is 11.9 Å². The molecule has 0 aliphatic carbocycles. The summed E-state index contributed by atoms with van der Waals surface area (Å²) < 4.78 is 0. The van der Waals surface area contributed by atoms with Crippen molar-refractivity contribution in [2.75, 3.05) is 36.4 Å². The van der Waals surface area contributed by atoms with E-state index in [1.807, 2.05) is 49.4 Å². The summed E-state index contributed by atoms with van der Waals surface area (Å²) >= 11 is 0. The maximum absolute atomic E-state index is 12.3. The average molecular weight is 391 g/mol. The maximum Gasteiger partial charge on any atom is 0.271 e. The summed E-state index contributed by atoms with van der Waals surface area (Å²) in [4.78, 5) is 33.1. The molecule has 2 aliphatic heterocycles. The lowest BCUT2D eigenvalue weighted by atomic mass is 10.2. The van der Waals surface area contributed by atoms with Gasteiger partial charge in [0.15, 0.2) is 0 Å². The van der Waals surface area contributed by atoms with Crippen molar-refractivity contribution in [3.63, 3.8) is 0 Å². The molecule has 7 heteroatoms. The van der Waals surface area contributed by atoms with E-state index in [1.54, 1.807) is 0 Å². The second-order valence-corrected chi connectivity index (χ2v) is 7.40. The fourth-order valence-corrected chi connectivity index (χ4v) is 3.58. The molecule has 2 aliphatic rings. The highest BCUT2D eigenvalue weighted by Gasteiger charge is 2.32. The lowest BCUT2D eigenvalue weighted by Crippen LogP contribution is -2.52. The van der Waals surface area contributed by atoms with E-state index in [9.17, 15) is 9.59 Å². The number of nitrogens with one attached hydrogen (secondary N) is 2. The molecule has 1 fully saturated rings. The van der Waals surface area contributed by atoms with Gasteiger partial charge in [-0.25, -0.2) is 0 Å². The number of benzene rings is 2. The first-order valence-corrected chi connectivity index (χ1v) is 9.89. The highest BCUT2D eigenvalue weighted by molar-refractivity contribution is 6.05. The number of nitrogens with zero attached hydrogens (tertiary/aromatic N) is 3. The molecule has 150 valence electrons. The molecule has 1 saturated heterocycles. The minimum atomic E-state index is -0.609. The fraction of sp³-hybridized carbons (Fsp3) is 0.318. The predicted molar refractivity (Wildman–Crippen MR) is 114 cm³/mol. The molecule has 2 aromatic carbocycles. The molecule has 0 saturated carbocycles. The zero-order valence-corrected chi connectivity index (χ0v) is 16.5. The van der Waals surface area contributed by atoms with Gasteiger partial charge in [-0.15, -0.1) is 0 Å². The number of aryl methyl sites for hydroxylation is 1. The summed E-state index contributed by atoms with van der Waals surface area (Å²) in [5.74, 6) is 0.0884. The summed E-state index contributed by atoms with van der Waals surface area (Å²) in [6, 6.07) is 17.3. The van der Waals surface area contributed by atoms with Crippen LogP contribution in [0.15, 0.2) is 59.6 Å². The van der Waals surface area contributed by atoms with Gasteiger partial charge in [0, 0.05) is 37.6 Å². The number of carbonyl (C=O) groups is 2. The molecule has 7 nitrogen and oxygen atoms in total. The first kappa shape index (κ1) is 19.0. The number of hydrogen-bond acceptors (Lipinski definition) is 5. The number of para-hydroxylation sites is 1. The Balaban J connectivity index is 1.28. The van der Waals surface area contributed by atoms with Gasteiger partial charge >= 0.3 is 0 Å². The molecule has 1 atom stereocenters. The summed E-state index contributed by atoms with van der Waals surface area (Å²) in [6.45, 7) is 5.26. The van der Waals surface area contributed by atoms with Crippen molar-refractivity contribution >= 4 is 29.1 Å². The zero-order chi connectivity index (χ0) is 20.2. The Bertz CT molecular complexity index is 903. The second kappa shape index (κ2) is 8.34. The summed E-state index contributed by atoms with van der Waals surface area (Å²) in [5.41, 5.74) is 3.06. The number of anilines is 2. The van der Waals surface area contributed by atoms with Crippen LogP contribution in [0.5, 0.6) is 0 Å². The zero-order valence-electron chi connectivity index (χ0n) is 16.5. The van der Waals surface area contributed by atoms with Crippen molar-refractivity contribution in [1.82, 2.24) is 10.2 Å². The topological polar surface area (TPSA) is 77.0 Å². The lowest BCUT2D eigenvalue weighted by molar-refractivity contribution is -0.123. The molecule has 0 spiro atoms. The Morgan fingerprint density at radius 3 is 2.38 bits per heavy atom. The van der Waals surface area contributed by atoms with Crippen LogP contribution in [0.25, 0.3) is 0 Å². The molecule has 29 heavy (non-hydrogen) atoms. The van der Waals surface area contributed by atoms with Gasteiger partial charge in [0.1, 0.15) is 6.04 Å². The Morgan fingerprint density at radius 2 is 1.69 bits per heavy atom. The number of hydrogen-bond donors (Lipinski definition) is 2. The monoisotopic (exact) mass is 391 g/mol. The molecule has 2 N–H and O–H groups in total. The van der Waals surface area contributed by atoms with E-state index in [2.05, 4.69) is 37.6 Å². The number of piperazine rings is 1. The lowest BCUT2D eigenvalue weighted by Gasteiger charge is -2.37. The summed E-state index contributed by atoms with van der Waals surface area (Å²) in [5, 5.41) is 5.97. The van der Waals surface area contributed by atoms with E-state index >= 15 is 0 Å². The first-order valence-electron chi connectivity index (χ1n) is 9.89. The molecule has 1 unspecified atom stereocenters. The van der Waals surface area contributed by atoms with E-state index in [0.717, 1.165) is 37.4 Å². The van der Waals surface area contributed by atoms with Gasteiger partial charge in [-0.05, 0) is 31.2 Å². The minimum absolute atomic E-state index is 0.0592. The Labute approximate surface area is 170 Å². The molecule has 4 rings (SSSR count). The molecular weight excluding hydrogens is 366 g/mol. The molecule has 2 amide bonds. The van der Waals surface area contributed by atoms with Crippen molar-refractivity contribution < 1.29 is 9.59 Å². The Kier molecular flexibility index (Phi) is 5.46. The molecule has 2 aromatic rings. The molecule has 0 bridgehead atoms. The standard InChI is InChI=1S/C22H25N5O2/c1-16-7-9-17(10-8-16)23-20(28)15-19-21(29)25-22(24-19)27-13-11-26(12-14-27)18-5-3-2-4-6-18/h2-10,19H,11-15H2,1H3,(H,23,28)(H,24,25,29). The van der Waals surface area contributed by atoms with Gasteiger partial charge in [0.05, 0.1) is 6.42 Å². The summed E-state index contributed by atoms with van der Waals surface area (Å²) in [6.07, 6.45) is 0.0592. The van der Waals surface area contributed by atoms with Crippen LogP contribution in [0, 0.1) is 6.92 Å². The highest BCUT2D eigenvalue weighted by atomic mass is 16.2. The molecular formula is C22H25N5O2. The average Bonchev–Trinajstić information content (AvgIpc) is 3.10. The van der Waals surface area contributed by atoms with Crippen LogP contribution < -0.4 is 15.5 Å². The Morgan fingerprint density at radius 1 is 1.03 bits per heavy atom. The van der Waals surface area contributed by atoms with Gasteiger partial charge < -0.3 is 20.4 Å². The van der Waals surface area contributed by atoms with Gasteiger partial charge in [-0.3, -0.25) is 9.59 Å². The van der Waals surface area contributed by atoms with E-state index < -0.39 is 6.04 Å². The molecule has 0 aromatic heterocycles. The Hall–Kier alpha value is -3.35. The SMILES string of the molecule is Cc1ccc(NC(=O)CC2NC(N3CCN(c4ccccc4)CC3)=NC2=O)cc1. The second-order valence-electron chi connectivity index (χ2n) is 7.40. The van der Waals surface area contributed by atoms with E-state index in [4.69, 9.17) is 0 Å². The third-order valence-corrected chi connectivity index (χ3v) is 5.24. The normalized spacial score (nSPS) is 19.0. The number of amides is 2. The van der Waals surface area contributed by atoms with Crippen LogP contribution in [0.3, 0.4) is 0 Å². The van der Waals surface area contributed by atoms with Crippen molar-refractivity contribution in [2.45, 2.75) is 19.4 Å². The van der Waals surface area contributed by atoms with Crippen molar-refractivity contribution in [3.8, 4) is 0 Å². The van der Waals surface area contributed by atoms with Crippen LogP contribution >= 0.6 is 0 Å². The largest absolute Gasteiger partial charge is 0.368 e. The third-order valence-electron chi connectivity index (χ3n) is 5.24. The van der Waals surface area contributed by atoms with Crippen molar-refractivity contribution in [3.05, 3.63) is 60.2 Å². The number of guanidine groups is 1. The van der Waals surface area contributed by atoms with Crippen molar-refractivity contribution in [2.24, 2.45) is 4.99 Å². The minimum Gasteiger partial charge on any atom is -0.368 e. The number of carbonyl (C=O) groups excluding carboxylic acids is 2. The van der Waals surface area contributed by atoms with Crippen LogP contribution in [0.1, 0.15) is 12.0 Å². The maximum atomic E-state index is 12.3. The number of rotatable bonds is 4.